The van der Waals surface area contributed by atoms with Crippen LogP contribution in [0.15, 0.2) is 89.8 Å². The minimum absolute atomic E-state index is 0.122. The van der Waals surface area contributed by atoms with E-state index in [0.717, 1.165) is 31.6 Å². The molecule has 1 fully saturated rings. The Morgan fingerprint density at radius 2 is 1.47 bits per heavy atom. The van der Waals surface area contributed by atoms with Crippen LogP contribution in [0.5, 0.6) is 0 Å². The van der Waals surface area contributed by atoms with Gasteiger partial charge in [-0.25, -0.2) is 8.42 Å². The van der Waals surface area contributed by atoms with E-state index in [0.29, 0.717) is 17.8 Å². The Labute approximate surface area is 202 Å². The zero-order valence-electron chi connectivity index (χ0n) is 19.3. The molecule has 1 heterocycles. The van der Waals surface area contributed by atoms with E-state index < -0.39 is 10.0 Å². The van der Waals surface area contributed by atoms with Crippen LogP contribution in [-0.2, 0) is 16.6 Å². The van der Waals surface area contributed by atoms with Crippen molar-refractivity contribution in [1.82, 2.24) is 10.2 Å². The van der Waals surface area contributed by atoms with Crippen LogP contribution >= 0.6 is 0 Å². The van der Waals surface area contributed by atoms with E-state index in [1.54, 1.807) is 54.6 Å². The lowest BCUT2D eigenvalue weighted by Gasteiger charge is -2.26. The van der Waals surface area contributed by atoms with Crippen molar-refractivity contribution in [2.45, 2.75) is 30.7 Å². The Balaban J connectivity index is 1.59. The number of sulfonamides is 1. The molecule has 0 spiro atoms. The summed E-state index contributed by atoms with van der Waals surface area (Å²) < 4.78 is 28.7. The number of amides is 1. The number of nitrogens with zero attached hydrogens (tertiary/aromatic N) is 2. The summed E-state index contributed by atoms with van der Waals surface area (Å²) in [6, 6.07) is 24.7. The fourth-order valence-corrected chi connectivity index (χ4v) is 5.75. The van der Waals surface area contributed by atoms with Crippen LogP contribution in [0.4, 0.5) is 5.69 Å². The summed E-state index contributed by atoms with van der Waals surface area (Å²) in [5.74, 6) is -0.265. The van der Waals surface area contributed by atoms with Crippen LogP contribution in [0, 0.1) is 0 Å². The molecular formula is C27H31N3O3S. The van der Waals surface area contributed by atoms with E-state index in [-0.39, 0.29) is 17.3 Å². The Kier molecular flexibility index (Phi) is 7.98. The zero-order chi connectivity index (χ0) is 23.8. The van der Waals surface area contributed by atoms with Gasteiger partial charge in [0.25, 0.3) is 15.9 Å². The predicted molar refractivity (Wildman–Crippen MR) is 135 cm³/mol. The molecule has 0 aromatic heterocycles. The lowest BCUT2D eigenvalue weighted by atomic mass is 10.1. The normalized spacial score (nSPS) is 14.1. The molecule has 3 aromatic carbocycles. The summed E-state index contributed by atoms with van der Waals surface area (Å²) in [6.07, 6.45) is 3.35. The summed E-state index contributed by atoms with van der Waals surface area (Å²) in [5.41, 5.74) is 1.55. The topological polar surface area (TPSA) is 69.7 Å². The number of para-hydroxylation sites is 1. The molecule has 0 saturated carbocycles. The third-order valence-corrected chi connectivity index (χ3v) is 7.83. The minimum Gasteiger partial charge on any atom is -0.352 e. The molecular weight excluding hydrogens is 446 g/mol. The maximum Gasteiger partial charge on any atom is 0.264 e. The second-order valence-electron chi connectivity index (χ2n) is 8.49. The van der Waals surface area contributed by atoms with Gasteiger partial charge in [-0.2, -0.15) is 0 Å². The minimum atomic E-state index is -3.90. The number of likely N-dealkylation sites (tertiary alicyclic amines) is 1. The Morgan fingerprint density at radius 1 is 0.853 bits per heavy atom. The van der Waals surface area contributed by atoms with E-state index in [2.05, 4.69) is 10.2 Å². The lowest BCUT2D eigenvalue weighted by Crippen LogP contribution is -2.34. The molecule has 0 atom stereocenters. The highest BCUT2D eigenvalue weighted by Gasteiger charge is 2.28. The first-order valence-electron chi connectivity index (χ1n) is 11.8. The van der Waals surface area contributed by atoms with Gasteiger partial charge in [0.15, 0.2) is 0 Å². The summed E-state index contributed by atoms with van der Waals surface area (Å²) in [4.78, 5) is 15.7. The highest BCUT2D eigenvalue weighted by Crippen LogP contribution is 2.29. The smallest absolute Gasteiger partial charge is 0.264 e. The number of nitrogens with one attached hydrogen (secondary N) is 1. The number of benzene rings is 3. The molecule has 1 amide bonds. The van der Waals surface area contributed by atoms with Gasteiger partial charge in [-0.15, -0.1) is 0 Å². The van der Waals surface area contributed by atoms with Gasteiger partial charge in [-0.1, -0.05) is 60.7 Å². The van der Waals surface area contributed by atoms with Crippen molar-refractivity contribution >= 4 is 21.6 Å². The molecule has 0 bridgehead atoms. The Morgan fingerprint density at radius 3 is 2.18 bits per heavy atom. The highest BCUT2D eigenvalue weighted by atomic mass is 32.2. The van der Waals surface area contributed by atoms with Crippen molar-refractivity contribution < 1.29 is 13.2 Å². The fourth-order valence-electron chi connectivity index (χ4n) is 4.26. The molecule has 4 rings (SSSR count). The first kappa shape index (κ1) is 24.0. The number of carbonyl (C=O) groups is 1. The van der Waals surface area contributed by atoms with Crippen molar-refractivity contribution in [3.63, 3.8) is 0 Å². The SMILES string of the molecule is O=C(NCCCN1CCCC1)c1ccccc1N(Cc1ccccc1)S(=O)(=O)c1ccccc1. The second-order valence-corrected chi connectivity index (χ2v) is 10.3. The zero-order valence-corrected chi connectivity index (χ0v) is 20.1. The monoisotopic (exact) mass is 477 g/mol. The molecule has 0 radical (unpaired) electrons. The van der Waals surface area contributed by atoms with E-state index in [9.17, 15) is 13.2 Å². The highest BCUT2D eigenvalue weighted by molar-refractivity contribution is 7.92. The van der Waals surface area contributed by atoms with Crippen molar-refractivity contribution in [2.24, 2.45) is 0 Å². The van der Waals surface area contributed by atoms with Crippen LogP contribution < -0.4 is 9.62 Å². The molecule has 7 heteroatoms. The number of hydrogen-bond acceptors (Lipinski definition) is 4. The molecule has 178 valence electrons. The van der Waals surface area contributed by atoms with Crippen LogP contribution in [0.2, 0.25) is 0 Å². The molecule has 1 saturated heterocycles. The van der Waals surface area contributed by atoms with Gasteiger partial charge in [-0.3, -0.25) is 9.10 Å². The average Bonchev–Trinajstić information content (AvgIpc) is 3.40. The van der Waals surface area contributed by atoms with Crippen LogP contribution in [0.1, 0.15) is 35.2 Å². The molecule has 0 unspecified atom stereocenters. The van der Waals surface area contributed by atoms with Crippen molar-refractivity contribution in [3.05, 3.63) is 96.1 Å². The third kappa shape index (κ3) is 5.85. The molecule has 1 aliphatic heterocycles. The molecule has 0 aliphatic carbocycles. The standard InChI is InChI=1S/C27H31N3O3S/c31-27(28-18-11-21-29-19-9-10-20-29)25-16-7-8-17-26(25)30(22-23-12-3-1-4-13-23)34(32,33)24-14-5-2-6-15-24/h1-8,12-17H,9-11,18-22H2,(H,28,31). The van der Waals surface area contributed by atoms with E-state index in [1.165, 1.54) is 17.1 Å². The largest absolute Gasteiger partial charge is 0.352 e. The number of rotatable bonds is 10. The average molecular weight is 478 g/mol. The van der Waals surface area contributed by atoms with Gasteiger partial charge in [0.05, 0.1) is 22.7 Å². The number of anilines is 1. The summed E-state index contributed by atoms with van der Waals surface area (Å²) in [6.45, 7) is 3.89. The van der Waals surface area contributed by atoms with Crippen molar-refractivity contribution in [3.8, 4) is 0 Å². The molecule has 6 nitrogen and oxygen atoms in total. The van der Waals surface area contributed by atoms with Crippen LogP contribution in [-0.4, -0.2) is 45.4 Å². The van der Waals surface area contributed by atoms with E-state index in [4.69, 9.17) is 0 Å². The predicted octanol–water partition coefficient (Wildman–Crippen LogP) is 4.30. The quantitative estimate of drug-likeness (QED) is 0.442. The molecule has 1 aliphatic rings. The molecule has 1 N–H and O–H groups in total. The second kappa shape index (κ2) is 11.3. The third-order valence-electron chi connectivity index (χ3n) is 6.05. The van der Waals surface area contributed by atoms with E-state index in [1.807, 2.05) is 30.3 Å². The van der Waals surface area contributed by atoms with Crippen LogP contribution in [0.3, 0.4) is 0 Å². The maximum atomic E-state index is 13.7. The number of hydrogen-bond donors (Lipinski definition) is 1. The molecule has 3 aromatic rings. The lowest BCUT2D eigenvalue weighted by molar-refractivity contribution is 0.0952. The maximum absolute atomic E-state index is 13.7. The summed E-state index contributed by atoms with van der Waals surface area (Å²) in [5, 5.41) is 2.99. The first-order chi connectivity index (χ1) is 16.6. The Hall–Kier alpha value is -3.16. The first-order valence-corrected chi connectivity index (χ1v) is 13.2. The fraction of sp³-hybridized carbons (Fsp3) is 0.296. The van der Waals surface area contributed by atoms with Crippen molar-refractivity contribution in [2.75, 3.05) is 30.5 Å². The van der Waals surface area contributed by atoms with Crippen LogP contribution in [0.25, 0.3) is 0 Å². The molecule has 34 heavy (non-hydrogen) atoms. The van der Waals surface area contributed by atoms with Gasteiger partial charge >= 0.3 is 0 Å². The van der Waals surface area contributed by atoms with Gasteiger partial charge in [0, 0.05) is 6.54 Å². The Bertz CT molecular complexity index is 1180. The van der Waals surface area contributed by atoms with Gasteiger partial charge in [0.1, 0.15) is 0 Å². The van der Waals surface area contributed by atoms with Crippen molar-refractivity contribution in [1.29, 1.82) is 0 Å². The van der Waals surface area contributed by atoms with Gasteiger partial charge in [0.2, 0.25) is 0 Å². The van der Waals surface area contributed by atoms with E-state index >= 15 is 0 Å². The van der Waals surface area contributed by atoms with Gasteiger partial charge in [-0.05, 0) is 68.7 Å². The summed E-state index contributed by atoms with van der Waals surface area (Å²) >= 11 is 0. The van der Waals surface area contributed by atoms with Gasteiger partial charge < -0.3 is 10.2 Å². The summed E-state index contributed by atoms with van der Waals surface area (Å²) in [7, 11) is -3.90. The number of carbonyl (C=O) groups excluding carboxylic acids is 1.